The van der Waals surface area contributed by atoms with Gasteiger partial charge in [0.25, 0.3) is 0 Å². The first kappa shape index (κ1) is 14.1. The molecule has 2 N–H and O–H groups in total. The number of esters is 1. The number of benzene rings is 1. The minimum Gasteiger partial charge on any atom is -0.465 e. The van der Waals surface area contributed by atoms with E-state index in [1.165, 1.54) is 13.5 Å². The number of nitrogens with one attached hydrogen (secondary N) is 2. The van der Waals surface area contributed by atoms with E-state index in [2.05, 4.69) is 15.4 Å². The fourth-order valence-electron chi connectivity index (χ4n) is 3.33. The number of amides is 1. The Morgan fingerprint density at radius 2 is 2.05 bits per heavy atom. The normalized spacial score (nSPS) is 26.6. The minimum atomic E-state index is -0.350. The molecule has 1 amide bonds. The van der Waals surface area contributed by atoms with Crippen LogP contribution < -0.4 is 10.6 Å². The second-order valence-electron chi connectivity index (χ2n) is 5.82. The lowest BCUT2D eigenvalue weighted by molar-refractivity contribution is -0.124. The van der Waals surface area contributed by atoms with Crippen molar-refractivity contribution < 1.29 is 14.3 Å². The Morgan fingerprint density at radius 3 is 2.62 bits per heavy atom. The second kappa shape index (κ2) is 5.85. The Balaban J connectivity index is 1.53. The molecule has 0 unspecified atom stereocenters. The lowest BCUT2D eigenvalue weighted by Crippen LogP contribution is -2.47. The first-order valence-electron chi connectivity index (χ1n) is 7.38. The van der Waals surface area contributed by atoms with Gasteiger partial charge in [-0.3, -0.25) is 4.79 Å². The molecule has 21 heavy (non-hydrogen) atoms. The lowest BCUT2D eigenvalue weighted by Gasteiger charge is -2.22. The van der Waals surface area contributed by atoms with Gasteiger partial charge in [-0.2, -0.15) is 0 Å². The highest BCUT2D eigenvalue weighted by molar-refractivity contribution is 5.89. The summed E-state index contributed by atoms with van der Waals surface area (Å²) in [6, 6.07) is 7.59. The number of ether oxygens (including phenoxy) is 1. The third-order valence-electron chi connectivity index (χ3n) is 4.48. The molecular weight excluding hydrogens is 268 g/mol. The van der Waals surface area contributed by atoms with Crippen molar-refractivity contribution in [1.29, 1.82) is 0 Å². The van der Waals surface area contributed by atoms with E-state index < -0.39 is 0 Å². The van der Waals surface area contributed by atoms with Gasteiger partial charge in [0.2, 0.25) is 5.91 Å². The van der Waals surface area contributed by atoms with Crippen LogP contribution in [0.25, 0.3) is 0 Å². The molecule has 1 aliphatic heterocycles. The standard InChI is InChI=1S/C16H20N2O3/c1-21-16(20)11-4-2-10(3-5-11)9-17-15(19)14-12-6-7-13(8-12)18-14/h2-5,12-14,18H,6-9H2,1H3,(H,17,19)/t12-,13-,14-/m1/s1. The zero-order chi connectivity index (χ0) is 14.8. The van der Waals surface area contributed by atoms with Crippen LogP contribution in [0.4, 0.5) is 0 Å². The minimum absolute atomic E-state index is 0.0295. The Labute approximate surface area is 124 Å². The molecule has 3 rings (SSSR count). The molecule has 0 radical (unpaired) electrons. The smallest absolute Gasteiger partial charge is 0.337 e. The molecule has 2 bridgehead atoms. The van der Waals surface area contributed by atoms with Crippen LogP contribution in [0.3, 0.4) is 0 Å². The summed E-state index contributed by atoms with van der Waals surface area (Å²) >= 11 is 0. The summed E-state index contributed by atoms with van der Waals surface area (Å²) in [7, 11) is 1.36. The predicted octanol–water partition coefficient (Wildman–Crippen LogP) is 1.23. The average Bonchev–Trinajstić information content (AvgIpc) is 3.15. The molecule has 2 aliphatic rings. The number of rotatable bonds is 4. The van der Waals surface area contributed by atoms with Crippen LogP contribution in [0.15, 0.2) is 24.3 Å². The molecule has 3 atom stereocenters. The first-order chi connectivity index (χ1) is 10.2. The van der Waals surface area contributed by atoms with Gasteiger partial charge in [-0.25, -0.2) is 4.79 Å². The molecular formula is C16H20N2O3. The van der Waals surface area contributed by atoms with E-state index in [0.717, 1.165) is 18.4 Å². The van der Waals surface area contributed by atoms with Crippen molar-refractivity contribution in [2.45, 2.75) is 37.9 Å². The fraction of sp³-hybridized carbons (Fsp3) is 0.500. The molecule has 0 aromatic heterocycles. The first-order valence-corrected chi connectivity index (χ1v) is 7.38. The highest BCUT2D eigenvalue weighted by Crippen LogP contribution is 2.35. The summed E-state index contributed by atoms with van der Waals surface area (Å²) in [6.45, 7) is 0.482. The molecule has 1 aromatic carbocycles. The second-order valence-corrected chi connectivity index (χ2v) is 5.82. The van der Waals surface area contributed by atoms with Gasteiger partial charge >= 0.3 is 5.97 Å². The van der Waals surface area contributed by atoms with Crippen molar-refractivity contribution in [3.8, 4) is 0 Å². The van der Waals surface area contributed by atoms with Gasteiger partial charge in [-0.05, 0) is 42.9 Å². The van der Waals surface area contributed by atoms with Crippen LogP contribution in [0, 0.1) is 5.92 Å². The quantitative estimate of drug-likeness (QED) is 0.818. The van der Waals surface area contributed by atoms with E-state index in [1.807, 2.05) is 12.1 Å². The van der Waals surface area contributed by atoms with Crippen molar-refractivity contribution >= 4 is 11.9 Å². The summed E-state index contributed by atoms with van der Waals surface area (Å²) in [5, 5.41) is 6.36. The summed E-state index contributed by atoms with van der Waals surface area (Å²) < 4.78 is 4.65. The Morgan fingerprint density at radius 1 is 1.29 bits per heavy atom. The Hall–Kier alpha value is -1.88. The Kier molecular flexibility index (Phi) is 3.92. The average molecular weight is 288 g/mol. The van der Waals surface area contributed by atoms with Gasteiger partial charge in [0, 0.05) is 12.6 Å². The van der Waals surface area contributed by atoms with E-state index in [-0.39, 0.29) is 17.9 Å². The Bertz CT molecular complexity index is 541. The van der Waals surface area contributed by atoms with Crippen LogP contribution in [0.2, 0.25) is 0 Å². The van der Waals surface area contributed by atoms with Crippen molar-refractivity contribution in [3.05, 3.63) is 35.4 Å². The zero-order valence-electron chi connectivity index (χ0n) is 12.1. The molecule has 2 fully saturated rings. The third kappa shape index (κ3) is 2.93. The zero-order valence-corrected chi connectivity index (χ0v) is 12.1. The van der Waals surface area contributed by atoms with E-state index >= 15 is 0 Å². The van der Waals surface area contributed by atoms with Crippen LogP contribution in [-0.4, -0.2) is 31.1 Å². The third-order valence-corrected chi connectivity index (χ3v) is 4.48. The molecule has 1 aliphatic carbocycles. The van der Waals surface area contributed by atoms with E-state index in [4.69, 9.17) is 0 Å². The molecule has 1 aromatic rings. The highest BCUT2D eigenvalue weighted by atomic mass is 16.5. The summed E-state index contributed by atoms with van der Waals surface area (Å²) in [5.41, 5.74) is 1.49. The fourth-order valence-corrected chi connectivity index (χ4v) is 3.33. The van der Waals surface area contributed by atoms with Gasteiger partial charge < -0.3 is 15.4 Å². The number of carbonyl (C=O) groups excluding carboxylic acids is 2. The van der Waals surface area contributed by atoms with Crippen molar-refractivity contribution in [2.75, 3.05) is 7.11 Å². The van der Waals surface area contributed by atoms with Gasteiger partial charge in [0.15, 0.2) is 0 Å². The van der Waals surface area contributed by atoms with Gasteiger partial charge in [-0.1, -0.05) is 12.1 Å². The number of carbonyl (C=O) groups is 2. The number of hydrogen-bond donors (Lipinski definition) is 2. The molecule has 1 heterocycles. The molecule has 1 saturated heterocycles. The van der Waals surface area contributed by atoms with Crippen LogP contribution in [0.5, 0.6) is 0 Å². The van der Waals surface area contributed by atoms with E-state index in [1.54, 1.807) is 12.1 Å². The van der Waals surface area contributed by atoms with Crippen LogP contribution in [0.1, 0.15) is 35.2 Å². The van der Waals surface area contributed by atoms with E-state index in [9.17, 15) is 9.59 Å². The number of fused-ring (bicyclic) bond motifs is 2. The van der Waals surface area contributed by atoms with Crippen molar-refractivity contribution in [1.82, 2.24) is 10.6 Å². The summed E-state index contributed by atoms with van der Waals surface area (Å²) in [6.07, 6.45) is 3.49. The largest absolute Gasteiger partial charge is 0.465 e. The molecule has 0 spiro atoms. The van der Waals surface area contributed by atoms with Crippen LogP contribution in [-0.2, 0) is 16.1 Å². The molecule has 5 heteroatoms. The maximum Gasteiger partial charge on any atom is 0.337 e. The monoisotopic (exact) mass is 288 g/mol. The number of methoxy groups -OCH3 is 1. The highest BCUT2D eigenvalue weighted by Gasteiger charge is 2.42. The molecule has 5 nitrogen and oxygen atoms in total. The molecule has 112 valence electrons. The lowest BCUT2D eigenvalue weighted by atomic mass is 9.99. The predicted molar refractivity (Wildman–Crippen MR) is 77.7 cm³/mol. The van der Waals surface area contributed by atoms with E-state index in [0.29, 0.717) is 24.1 Å². The van der Waals surface area contributed by atoms with Gasteiger partial charge in [0.05, 0.1) is 18.7 Å². The van der Waals surface area contributed by atoms with Gasteiger partial charge in [-0.15, -0.1) is 0 Å². The van der Waals surface area contributed by atoms with Gasteiger partial charge in [0.1, 0.15) is 0 Å². The number of hydrogen-bond acceptors (Lipinski definition) is 4. The molecule has 1 saturated carbocycles. The summed E-state index contributed by atoms with van der Waals surface area (Å²) in [4.78, 5) is 23.5. The maximum atomic E-state index is 12.2. The topological polar surface area (TPSA) is 67.4 Å². The van der Waals surface area contributed by atoms with Crippen molar-refractivity contribution in [2.24, 2.45) is 5.92 Å². The van der Waals surface area contributed by atoms with Crippen LogP contribution >= 0.6 is 0 Å². The SMILES string of the molecule is COC(=O)c1ccc(CNC(=O)[C@@H]2N[C@@H]3CC[C@@H]2C3)cc1. The van der Waals surface area contributed by atoms with Crippen molar-refractivity contribution in [3.63, 3.8) is 0 Å². The summed E-state index contributed by atoms with van der Waals surface area (Å²) in [5.74, 6) is 0.229. The number of piperidine rings is 1. The maximum absolute atomic E-state index is 12.2.